The molecule has 9 nitrogen and oxygen atoms in total. The van der Waals surface area contributed by atoms with Gasteiger partial charge < -0.3 is 15.1 Å². The molecule has 0 atom stereocenters. The first-order valence-corrected chi connectivity index (χ1v) is 9.24. The first-order valence-electron chi connectivity index (χ1n) is 8.87. The fourth-order valence-electron chi connectivity index (χ4n) is 2.31. The smallest absolute Gasteiger partial charge is 0.475 e. The molecule has 3 heterocycles. The molecule has 1 aliphatic rings. The van der Waals surface area contributed by atoms with Crippen LogP contribution in [0.4, 0.5) is 32.2 Å². The van der Waals surface area contributed by atoms with E-state index in [9.17, 15) is 26.3 Å². The molecule has 0 spiro atoms. The fourth-order valence-corrected chi connectivity index (χ4v) is 2.42. The number of carboxylic acid groups (broad SMARTS) is 2. The highest BCUT2D eigenvalue weighted by molar-refractivity contribution is 6.30. The number of rotatable bonds is 3. The summed E-state index contributed by atoms with van der Waals surface area (Å²) in [5.74, 6) is -4.51. The lowest BCUT2D eigenvalue weighted by atomic mass is 10.2. The minimum absolute atomic E-state index is 0.683. The number of nitrogens with one attached hydrogen (secondary N) is 1. The molecule has 2 aromatic rings. The summed E-state index contributed by atoms with van der Waals surface area (Å²) in [7, 11) is 0. The van der Waals surface area contributed by atoms with Gasteiger partial charge in [-0.3, -0.25) is 10.00 Å². The summed E-state index contributed by atoms with van der Waals surface area (Å²) in [4.78, 5) is 26.9. The molecule has 3 N–H and O–H groups in total. The molecular weight excluding hydrogens is 488 g/mol. The maximum absolute atomic E-state index is 10.6. The molecule has 33 heavy (non-hydrogen) atoms. The summed E-state index contributed by atoms with van der Waals surface area (Å²) >= 11 is 5.86. The monoisotopic (exact) mass is 505 g/mol. The zero-order valence-corrected chi connectivity index (χ0v) is 17.3. The summed E-state index contributed by atoms with van der Waals surface area (Å²) < 4.78 is 63.5. The molecule has 2 aromatic heterocycles. The largest absolute Gasteiger partial charge is 0.490 e. The Labute approximate surface area is 187 Å². The van der Waals surface area contributed by atoms with E-state index in [0.717, 1.165) is 38.5 Å². The van der Waals surface area contributed by atoms with Gasteiger partial charge in [-0.15, -0.1) is 0 Å². The number of carbonyl (C=O) groups is 2. The van der Waals surface area contributed by atoms with Crippen LogP contribution in [0.5, 0.6) is 0 Å². The van der Waals surface area contributed by atoms with Crippen molar-refractivity contribution in [2.45, 2.75) is 18.9 Å². The van der Waals surface area contributed by atoms with Crippen LogP contribution in [-0.4, -0.2) is 80.8 Å². The predicted molar refractivity (Wildman–Crippen MR) is 103 cm³/mol. The average molecular weight is 506 g/mol. The molecule has 0 bridgehead atoms. The van der Waals surface area contributed by atoms with Crippen molar-refractivity contribution in [2.75, 3.05) is 31.1 Å². The van der Waals surface area contributed by atoms with E-state index in [2.05, 4.69) is 25.0 Å². The van der Waals surface area contributed by atoms with Gasteiger partial charge in [0.15, 0.2) is 0 Å². The Kier molecular flexibility index (Phi) is 10.4. The molecule has 184 valence electrons. The third-order valence-corrected chi connectivity index (χ3v) is 4.08. The summed E-state index contributed by atoms with van der Waals surface area (Å²) in [6, 6.07) is 3.87. The number of halogens is 7. The first kappa shape index (κ1) is 28.0. The number of piperazine rings is 1. The van der Waals surface area contributed by atoms with E-state index in [-0.39, 0.29) is 0 Å². The molecular formula is C17H18ClF6N5O4. The van der Waals surface area contributed by atoms with Crippen LogP contribution in [0.15, 0.2) is 30.7 Å². The number of hydrogen-bond acceptors (Lipinski definition) is 6. The number of nitrogens with zero attached hydrogens (tertiary/aromatic N) is 4. The van der Waals surface area contributed by atoms with Crippen molar-refractivity contribution in [1.29, 1.82) is 0 Å². The van der Waals surface area contributed by atoms with Gasteiger partial charge in [-0.2, -0.15) is 31.4 Å². The van der Waals surface area contributed by atoms with Crippen LogP contribution in [0, 0.1) is 0 Å². The second kappa shape index (κ2) is 12.2. The highest BCUT2D eigenvalue weighted by Gasteiger charge is 2.38. The van der Waals surface area contributed by atoms with Crippen LogP contribution in [0.25, 0.3) is 0 Å². The lowest BCUT2D eigenvalue weighted by Gasteiger charge is -2.35. The summed E-state index contributed by atoms with van der Waals surface area (Å²) in [6.07, 6.45) is -4.63. The minimum atomic E-state index is -5.08. The van der Waals surface area contributed by atoms with Crippen molar-refractivity contribution in [2.24, 2.45) is 0 Å². The van der Waals surface area contributed by atoms with E-state index < -0.39 is 24.3 Å². The zero-order valence-electron chi connectivity index (χ0n) is 16.6. The number of aromatic nitrogens is 3. The highest BCUT2D eigenvalue weighted by Crippen LogP contribution is 2.17. The molecule has 1 aliphatic heterocycles. The van der Waals surface area contributed by atoms with Crippen molar-refractivity contribution < 1.29 is 46.1 Å². The third-order valence-electron chi connectivity index (χ3n) is 3.85. The number of H-pyrrole nitrogens is 1. The SMILES string of the molecule is Clc1ccc(N2CCN(Cc3cn[nH]c3)CC2)nc1.O=C(O)C(F)(F)F.O=C(O)C(F)(F)F. The van der Waals surface area contributed by atoms with Gasteiger partial charge in [0.25, 0.3) is 0 Å². The molecule has 0 aromatic carbocycles. The lowest BCUT2D eigenvalue weighted by Crippen LogP contribution is -2.46. The molecule has 0 aliphatic carbocycles. The number of hydrogen-bond donors (Lipinski definition) is 3. The fraction of sp³-hybridized carbons (Fsp3) is 0.412. The normalized spacial score (nSPS) is 14.5. The van der Waals surface area contributed by atoms with Crippen molar-refractivity contribution in [1.82, 2.24) is 20.1 Å². The number of alkyl halides is 6. The van der Waals surface area contributed by atoms with Crippen molar-refractivity contribution in [3.63, 3.8) is 0 Å². The van der Waals surface area contributed by atoms with Gasteiger partial charge in [0, 0.05) is 50.7 Å². The van der Waals surface area contributed by atoms with Gasteiger partial charge in [-0.05, 0) is 12.1 Å². The van der Waals surface area contributed by atoms with Crippen LogP contribution < -0.4 is 4.90 Å². The number of carboxylic acids is 2. The number of aliphatic carboxylic acids is 2. The summed E-state index contributed by atoms with van der Waals surface area (Å²) in [6.45, 7) is 5.02. The Bertz CT molecular complexity index is 846. The number of pyridine rings is 1. The van der Waals surface area contributed by atoms with Gasteiger partial charge in [-0.1, -0.05) is 11.6 Å². The Morgan fingerprint density at radius 1 is 0.970 bits per heavy atom. The van der Waals surface area contributed by atoms with Crippen LogP contribution >= 0.6 is 11.6 Å². The van der Waals surface area contributed by atoms with Crippen molar-refractivity contribution >= 4 is 29.4 Å². The molecule has 0 amide bonds. The molecule has 1 saturated heterocycles. The molecule has 0 saturated carbocycles. The van der Waals surface area contributed by atoms with E-state index in [1.54, 1.807) is 6.20 Å². The van der Waals surface area contributed by atoms with Crippen LogP contribution in [0.3, 0.4) is 0 Å². The minimum Gasteiger partial charge on any atom is -0.475 e. The number of aromatic amines is 1. The molecule has 0 unspecified atom stereocenters. The first-order chi connectivity index (χ1) is 15.2. The Balaban J connectivity index is 0.000000324. The second-order valence-corrected chi connectivity index (χ2v) is 6.75. The Morgan fingerprint density at radius 2 is 1.48 bits per heavy atom. The maximum Gasteiger partial charge on any atom is 0.490 e. The predicted octanol–water partition coefficient (Wildman–Crippen LogP) is 3.05. The summed E-state index contributed by atoms with van der Waals surface area (Å²) in [5.41, 5.74) is 1.23. The van der Waals surface area contributed by atoms with Crippen LogP contribution in [-0.2, 0) is 16.1 Å². The second-order valence-electron chi connectivity index (χ2n) is 6.31. The number of anilines is 1. The van der Waals surface area contributed by atoms with E-state index in [0.29, 0.717) is 5.02 Å². The highest BCUT2D eigenvalue weighted by atomic mass is 35.5. The van der Waals surface area contributed by atoms with Crippen LogP contribution in [0.2, 0.25) is 5.02 Å². The average Bonchev–Trinajstić information content (AvgIpc) is 3.22. The summed E-state index contributed by atoms with van der Waals surface area (Å²) in [5, 5.41) is 21.8. The van der Waals surface area contributed by atoms with Gasteiger partial charge >= 0.3 is 24.3 Å². The molecule has 1 fully saturated rings. The Morgan fingerprint density at radius 3 is 1.85 bits per heavy atom. The lowest BCUT2D eigenvalue weighted by molar-refractivity contribution is -0.193. The van der Waals surface area contributed by atoms with Crippen LogP contribution in [0.1, 0.15) is 5.56 Å². The molecule has 16 heteroatoms. The van der Waals surface area contributed by atoms with Gasteiger partial charge in [0.1, 0.15) is 5.82 Å². The maximum atomic E-state index is 10.6. The van der Waals surface area contributed by atoms with E-state index in [1.807, 2.05) is 24.5 Å². The Hall–Kier alpha value is -3.07. The van der Waals surface area contributed by atoms with Crippen molar-refractivity contribution in [3.05, 3.63) is 41.3 Å². The zero-order chi connectivity index (χ0) is 25.2. The molecule has 0 radical (unpaired) electrons. The van der Waals surface area contributed by atoms with E-state index in [4.69, 9.17) is 31.4 Å². The topological polar surface area (TPSA) is 123 Å². The standard InChI is InChI=1S/C13H16ClN5.2C2HF3O2/c14-12-1-2-13(15-9-12)19-5-3-18(4-6-19)10-11-7-16-17-8-11;2*3-2(4,5)1(6)7/h1-2,7-9H,3-6,10H2,(H,16,17);2*(H,6,7). The van der Waals surface area contributed by atoms with E-state index in [1.165, 1.54) is 5.56 Å². The quantitative estimate of drug-likeness (QED) is 0.544. The third kappa shape index (κ3) is 10.9. The van der Waals surface area contributed by atoms with Gasteiger partial charge in [0.05, 0.1) is 11.2 Å². The van der Waals surface area contributed by atoms with E-state index >= 15 is 0 Å². The van der Waals surface area contributed by atoms with Gasteiger partial charge in [0.2, 0.25) is 0 Å². The van der Waals surface area contributed by atoms with Gasteiger partial charge in [-0.25, -0.2) is 14.6 Å². The van der Waals surface area contributed by atoms with Crippen molar-refractivity contribution in [3.8, 4) is 0 Å². The molecule has 3 rings (SSSR count).